The molecule has 0 saturated carbocycles. The lowest BCUT2D eigenvalue weighted by Crippen LogP contribution is -2.49. The number of hydrogen-bond acceptors (Lipinski definition) is 3. The molecule has 5 nitrogen and oxygen atoms in total. The van der Waals surface area contributed by atoms with Crippen molar-refractivity contribution in [1.82, 2.24) is 15.5 Å². The molecule has 146 valence electrons. The fraction of sp³-hybridized carbons (Fsp3) is 0.579. The predicted molar refractivity (Wildman–Crippen MR) is 123 cm³/mol. The van der Waals surface area contributed by atoms with Crippen molar-refractivity contribution in [3.63, 3.8) is 0 Å². The first-order chi connectivity index (χ1) is 12.1. The van der Waals surface area contributed by atoms with E-state index >= 15 is 0 Å². The lowest BCUT2D eigenvalue weighted by atomic mass is 10.1. The first kappa shape index (κ1) is 23.1. The van der Waals surface area contributed by atoms with E-state index in [1.165, 1.54) is 0 Å². The normalized spacial score (nSPS) is 17.6. The fourth-order valence-corrected chi connectivity index (χ4v) is 4.08. The van der Waals surface area contributed by atoms with Crippen LogP contribution in [-0.2, 0) is 0 Å². The zero-order chi connectivity index (χ0) is 18.1. The van der Waals surface area contributed by atoms with Gasteiger partial charge in [-0.2, -0.15) is 11.8 Å². The van der Waals surface area contributed by atoms with Gasteiger partial charge in [0.25, 0.3) is 5.91 Å². The van der Waals surface area contributed by atoms with Crippen LogP contribution >= 0.6 is 35.7 Å². The fourth-order valence-electron chi connectivity index (χ4n) is 2.79. The third kappa shape index (κ3) is 7.34. The summed E-state index contributed by atoms with van der Waals surface area (Å²) < 4.78 is 0. The standard InChI is InChI=1S/C19H30N4OS.HI/c1-15(2)17-14-23(12-13-25-17)19(20-3)22-11-7-10-21-18(24)16-8-5-4-6-9-16;/h4-6,8-9,15,17H,7,10-14H2,1-3H3,(H,20,22)(H,21,24);1H. The molecular weight excluding hydrogens is 459 g/mol. The summed E-state index contributed by atoms with van der Waals surface area (Å²) in [5.41, 5.74) is 0.705. The van der Waals surface area contributed by atoms with Crippen LogP contribution in [-0.4, -0.2) is 61.0 Å². The van der Waals surface area contributed by atoms with E-state index in [9.17, 15) is 4.79 Å². The molecular formula is C19H31IN4OS. The van der Waals surface area contributed by atoms with E-state index in [-0.39, 0.29) is 29.9 Å². The number of hydrogen-bond donors (Lipinski definition) is 2. The van der Waals surface area contributed by atoms with Gasteiger partial charge in [-0.1, -0.05) is 32.0 Å². The third-order valence-corrected chi connectivity index (χ3v) is 5.85. The topological polar surface area (TPSA) is 56.7 Å². The minimum absolute atomic E-state index is 0. The highest BCUT2D eigenvalue weighted by molar-refractivity contribution is 14.0. The van der Waals surface area contributed by atoms with Crippen molar-refractivity contribution in [2.75, 3.05) is 39.0 Å². The van der Waals surface area contributed by atoms with Crippen molar-refractivity contribution < 1.29 is 4.79 Å². The maximum atomic E-state index is 12.0. The molecule has 26 heavy (non-hydrogen) atoms. The van der Waals surface area contributed by atoms with E-state index in [0.29, 0.717) is 23.3 Å². The first-order valence-corrected chi connectivity index (χ1v) is 10.1. The molecule has 1 aromatic rings. The molecule has 1 amide bonds. The van der Waals surface area contributed by atoms with E-state index in [4.69, 9.17) is 0 Å². The van der Waals surface area contributed by atoms with Crippen LogP contribution in [0.5, 0.6) is 0 Å². The van der Waals surface area contributed by atoms with Gasteiger partial charge in [0.15, 0.2) is 5.96 Å². The van der Waals surface area contributed by atoms with Gasteiger partial charge in [0.1, 0.15) is 0 Å². The summed E-state index contributed by atoms with van der Waals surface area (Å²) in [5.74, 6) is 2.79. The Morgan fingerprint density at radius 3 is 2.62 bits per heavy atom. The molecule has 7 heteroatoms. The van der Waals surface area contributed by atoms with Gasteiger partial charge >= 0.3 is 0 Å². The second kappa shape index (κ2) is 12.4. The summed E-state index contributed by atoms with van der Waals surface area (Å²) in [6.07, 6.45) is 0.869. The number of rotatable bonds is 6. The third-order valence-electron chi connectivity index (χ3n) is 4.31. The van der Waals surface area contributed by atoms with E-state index in [1.807, 2.05) is 37.4 Å². The number of nitrogens with one attached hydrogen (secondary N) is 2. The molecule has 0 spiro atoms. The lowest BCUT2D eigenvalue weighted by Gasteiger charge is -2.36. The highest BCUT2D eigenvalue weighted by Gasteiger charge is 2.24. The molecule has 1 saturated heterocycles. The summed E-state index contributed by atoms with van der Waals surface area (Å²) in [5, 5.41) is 7.05. The van der Waals surface area contributed by atoms with E-state index in [1.54, 1.807) is 0 Å². The Bertz CT molecular complexity index is 568. The van der Waals surface area contributed by atoms with E-state index < -0.39 is 0 Å². The van der Waals surface area contributed by atoms with Crippen LogP contribution in [0, 0.1) is 5.92 Å². The SMILES string of the molecule is CN=C(NCCCNC(=O)c1ccccc1)N1CCSC(C(C)C)C1.I. The first-order valence-electron chi connectivity index (χ1n) is 9.02. The molecule has 1 aliphatic rings. The molecule has 1 atom stereocenters. The summed E-state index contributed by atoms with van der Waals surface area (Å²) in [7, 11) is 1.84. The number of nitrogens with zero attached hydrogens (tertiary/aromatic N) is 2. The van der Waals surface area contributed by atoms with Crippen molar-refractivity contribution in [2.45, 2.75) is 25.5 Å². The number of carbonyl (C=O) groups is 1. The number of amides is 1. The largest absolute Gasteiger partial charge is 0.356 e. The zero-order valence-corrected chi connectivity index (χ0v) is 19.1. The number of benzene rings is 1. The number of halogens is 1. The molecule has 2 rings (SSSR count). The Morgan fingerprint density at radius 2 is 1.96 bits per heavy atom. The van der Waals surface area contributed by atoms with Gasteiger partial charge in [0.05, 0.1) is 0 Å². The van der Waals surface area contributed by atoms with Gasteiger partial charge in [-0.15, -0.1) is 24.0 Å². The predicted octanol–water partition coefficient (Wildman–Crippen LogP) is 3.07. The molecule has 0 aromatic heterocycles. The average Bonchev–Trinajstić information content (AvgIpc) is 2.65. The maximum Gasteiger partial charge on any atom is 0.251 e. The van der Waals surface area contributed by atoms with Crippen LogP contribution in [0.4, 0.5) is 0 Å². The Hall–Kier alpha value is -0.960. The van der Waals surface area contributed by atoms with Crippen LogP contribution in [0.25, 0.3) is 0 Å². The second-order valence-corrected chi connectivity index (χ2v) is 7.90. The number of aliphatic imine (C=N–C) groups is 1. The lowest BCUT2D eigenvalue weighted by molar-refractivity contribution is 0.0953. The van der Waals surface area contributed by atoms with Crippen molar-refractivity contribution >= 4 is 47.6 Å². The summed E-state index contributed by atoms with van der Waals surface area (Å²) in [6, 6.07) is 9.32. The van der Waals surface area contributed by atoms with Gasteiger partial charge in [-0.05, 0) is 24.5 Å². The molecule has 2 N–H and O–H groups in total. The van der Waals surface area contributed by atoms with E-state index in [0.717, 1.165) is 37.8 Å². The van der Waals surface area contributed by atoms with E-state index in [2.05, 4.69) is 46.1 Å². The van der Waals surface area contributed by atoms with Crippen molar-refractivity contribution in [3.8, 4) is 0 Å². The van der Waals surface area contributed by atoms with Gasteiger partial charge in [-0.3, -0.25) is 9.79 Å². The number of guanidine groups is 1. The summed E-state index contributed by atoms with van der Waals surface area (Å²) in [4.78, 5) is 18.8. The summed E-state index contributed by atoms with van der Waals surface area (Å²) in [6.45, 7) is 8.12. The molecule has 0 bridgehead atoms. The molecule has 1 unspecified atom stereocenters. The smallest absolute Gasteiger partial charge is 0.251 e. The van der Waals surface area contributed by atoms with Gasteiger partial charge in [0, 0.05) is 49.8 Å². The zero-order valence-electron chi connectivity index (χ0n) is 15.9. The highest BCUT2D eigenvalue weighted by Crippen LogP contribution is 2.24. The molecule has 1 aliphatic heterocycles. The Labute approximate surface area is 178 Å². The van der Waals surface area contributed by atoms with Crippen LogP contribution in [0.15, 0.2) is 35.3 Å². The molecule has 1 aromatic carbocycles. The minimum atomic E-state index is -0.0159. The molecule has 1 fully saturated rings. The second-order valence-electron chi connectivity index (χ2n) is 6.55. The van der Waals surface area contributed by atoms with Gasteiger partial charge < -0.3 is 15.5 Å². The number of carbonyl (C=O) groups excluding carboxylic acids is 1. The average molecular weight is 490 g/mol. The Kier molecular flexibility index (Phi) is 11.0. The van der Waals surface area contributed by atoms with Crippen LogP contribution in [0.2, 0.25) is 0 Å². The molecule has 0 aliphatic carbocycles. The van der Waals surface area contributed by atoms with Crippen LogP contribution in [0.1, 0.15) is 30.6 Å². The molecule has 0 radical (unpaired) electrons. The monoisotopic (exact) mass is 490 g/mol. The highest BCUT2D eigenvalue weighted by atomic mass is 127. The van der Waals surface area contributed by atoms with Gasteiger partial charge in [-0.25, -0.2) is 0 Å². The minimum Gasteiger partial charge on any atom is -0.356 e. The maximum absolute atomic E-state index is 12.0. The van der Waals surface area contributed by atoms with Crippen LogP contribution in [0.3, 0.4) is 0 Å². The summed E-state index contributed by atoms with van der Waals surface area (Å²) >= 11 is 2.06. The van der Waals surface area contributed by atoms with Gasteiger partial charge in [0.2, 0.25) is 0 Å². The van der Waals surface area contributed by atoms with Crippen molar-refractivity contribution in [1.29, 1.82) is 0 Å². The molecule has 1 heterocycles. The number of thioether (sulfide) groups is 1. The quantitative estimate of drug-likeness (QED) is 0.279. The van der Waals surface area contributed by atoms with Crippen molar-refractivity contribution in [2.24, 2.45) is 10.9 Å². The van der Waals surface area contributed by atoms with Crippen LogP contribution < -0.4 is 10.6 Å². The Morgan fingerprint density at radius 1 is 1.27 bits per heavy atom. The van der Waals surface area contributed by atoms with Crippen molar-refractivity contribution in [3.05, 3.63) is 35.9 Å². The Balaban J connectivity index is 0.00000338.